The summed E-state index contributed by atoms with van der Waals surface area (Å²) in [6.45, 7) is 2.63. The van der Waals surface area contributed by atoms with E-state index in [-0.39, 0.29) is 9.71 Å². The first-order valence-electron chi connectivity index (χ1n) is 3.02. The molecule has 10 heavy (non-hydrogen) atoms. The lowest BCUT2D eigenvalue weighted by atomic mass is 10.4. The smallest absolute Gasteiger partial charge is 0.217 e. The molecule has 0 saturated heterocycles. The van der Waals surface area contributed by atoms with Crippen molar-refractivity contribution in [2.75, 3.05) is 6.61 Å². The predicted octanol–water partition coefficient (Wildman–Crippen LogP) is 3.65. The van der Waals surface area contributed by atoms with Crippen molar-refractivity contribution in [1.29, 1.82) is 0 Å². The number of hydrogen-bond acceptors (Lipinski definition) is 1. The van der Waals surface area contributed by atoms with Gasteiger partial charge in [0.1, 0.15) is 0 Å². The zero-order chi connectivity index (χ0) is 7.98. The van der Waals surface area contributed by atoms with Crippen molar-refractivity contribution < 1.29 is 4.74 Å². The average Bonchev–Trinajstić information content (AvgIpc) is 1.88. The Labute approximate surface area is 75.9 Å². The van der Waals surface area contributed by atoms with Crippen molar-refractivity contribution in [2.24, 2.45) is 0 Å². The number of rotatable bonds is 4. The Morgan fingerprint density at radius 2 is 1.90 bits per heavy atom. The van der Waals surface area contributed by atoms with Crippen LogP contribution in [0.15, 0.2) is 9.71 Å². The molecule has 0 N–H and O–H groups in total. The predicted molar refractivity (Wildman–Crippen MR) is 45.4 cm³/mol. The van der Waals surface area contributed by atoms with Gasteiger partial charge in [0.2, 0.25) is 5.22 Å². The summed E-state index contributed by atoms with van der Waals surface area (Å²) in [5.41, 5.74) is 0. The second-order valence-electron chi connectivity index (χ2n) is 1.74. The molecule has 0 heterocycles. The van der Waals surface area contributed by atoms with Gasteiger partial charge in [-0.25, -0.2) is 0 Å². The van der Waals surface area contributed by atoms with Crippen LogP contribution in [-0.2, 0) is 4.74 Å². The average molecular weight is 203 g/mol. The van der Waals surface area contributed by atoms with Gasteiger partial charge in [0.25, 0.3) is 0 Å². The van der Waals surface area contributed by atoms with E-state index in [1.807, 2.05) is 0 Å². The minimum absolute atomic E-state index is 0.0160. The molecule has 4 heteroatoms. The van der Waals surface area contributed by atoms with Gasteiger partial charge >= 0.3 is 0 Å². The van der Waals surface area contributed by atoms with Gasteiger partial charge in [-0.05, 0) is 18.0 Å². The summed E-state index contributed by atoms with van der Waals surface area (Å²) in [5.74, 6) is 0. The van der Waals surface area contributed by atoms with Gasteiger partial charge in [0.05, 0.1) is 6.61 Å². The molecular weight excluding hydrogens is 194 g/mol. The summed E-state index contributed by atoms with van der Waals surface area (Å²) in [6, 6.07) is 0. The molecule has 0 atom stereocenters. The van der Waals surface area contributed by atoms with E-state index in [2.05, 4.69) is 6.92 Å². The van der Waals surface area contributed by atoms with Gasteiger partial charge in [0, 0.05) is 0 Å². The Kier molecular flexibility index (Phi) is 6.39. The second-order valence-corrected chi connectivity index (χ2v) is 3.03. The Bertz CT molecular complexity index is 118. The lowest BCUT2D eigenvalue weighted by Crippen LogP contribution is -1.89. The molecule has 0 unspecified atom stereocenters. The third kappa shape index (κ3) is 5.21. The largest absolute Gasteiger partial charge is 0.481 e. The van der Waals surface area contributed by atoms with E-state index < -0.39 is 0 Å². The maximum atomic E-state index is 5.44. The first-order valence-corrected chi connectivity index (χ1v) is 4.15. The SMILES string of the molecule is CCCCOC(Cl)=C(Cl)Cl. The Hall–Kier alpha value is 0.410. The molecule has 0 rings (SSSR count). The third-order valence-corrected chi connectivity index (χ3v) is 1.71. The molecule has 0 fully saturated rings. The summed E-state index contributed by atoms with van der Waals surface area (Å²) < 4.78 is 4.91. The second kappa shape index (κ2) is 6.14. The molecule has 0 aliphatic rings. The van der Waals surface area contributed by atoms with Crippen molar-refractivity contribution in [3.05, 3.63) is 9.71 Å². The normalized spacial score (nSPS) is 9.20. The maximum absolute atomic E-state index is 5.44. The molecule has 0 radical (unpaired) electrons. The number of ether oxygens (including phenoxy) is 1. The van der Waals surface area contributed by atoms with Crippen molar-refractivity contribution in [2.45, 2.75) is 19.8 Å². The molecule has 0 aromatic rings. The van der Waals surface area contributed by atoms with E-state index in [9.17, 15) is 0 Å². The summed E-state index contributed by atoms with van der Waals surface area (Å²) in [5, 5.41) is 0.0804. The van der Waals surface area contributed by atoms with Gasteiger partial charge in [-0.1, -0.05) is 36.5 Å². The molecule has 0 bridgehead atoms. The van der Waals surface area contributed by atoms with E-state index in [1.54, 1.807) is 0 Å². The molecule has 0 saturated carbocycles. The van der Waals surface area contributed by atoms with Gasteiger partial charge in [-0.15, -0.1) is 0 Å². The first kappa shape index (κ1) is 10.4. The monoisotopic (exact) mass is 202 g/mol. The first-order chi connectivity index (χ1) is 4.68. The Balaban J connectivity index is 3.40. The summed E-state index contributed by atoms with van der Waals surface area (Å²) in [6.07, 6.45) is 2.02. The van der Waals surface area contributed by atoms with Crippen molar-refractivity contribution in [1.82, 2.24) is 0 Å². The van der Waals surface area contributed by atoms with Crippen LogP contribution in [0.4, 0.5) is 0 Å². The molecule has 0 spiro atoms. The van der Waals surface area contributed by atoms with Gasteiger partial charge in [-0.2, -0.15) is 0 Å². The summed E-state index contributed by atoms with van der Waals surface area (Å²) in [7, 11) is 0. The third-order valence-electron chi connectivity index (χ3n) is 0.875. The zero-order valence-corrected chi connectivity index (χ0v) is 7.93. The minimum Gasteiger partial charge on any atom is -0.481 e. The molecule has 0 amide bonds. The highest BCUT2D eigenvalue weighted by Gasteiger charge is 1.97. The maximum Gasteiger partial charge on any atom is 0.217 e. The molecular formula is C6H9Cl3O. The molecule has 0 aliphatic heterocycles. The van der Waals surface area contributed by atoms with E-state index in [1.165, 1.54) is 0 Å². The van der Waals surface area contributed by atoms with Crippen LogP contribution in [0.3, 0.4) is 0 Å². The number of hydrogen-bond donors (Lipinski definition) is 0. The lowest BCUT2D eigenvalue weighted by Gasteiger charge is -2.01. The van der Waals surface area contributed by atoms with Gasteiger partial charge in [0.15, 0.2) is 4.49 Å². The van der Waals surface area contributed by atoms with Crippen molar-refractivity contribution in [3.8, 4) is 0 Å². The molecule has 60 valence electrons. The fraction of sp³-hybridized carbons (Fsp3) is 0.667. The Morgan fingerprint density at radius 3 is 2.30 bits per heavy atom. The zero-order valence-electron chi connectivity index (χ0n) is 5.66. The standard InChI is InChI=1S/C6H9Cl3O/c1-2-3-4-10-6(9)5(7)8/h2-4H2,1H3. The van der Waals surface area contributed by atoms with E-state index in [0.29, 0.717) is 6.61 Å². The van der Waals surface area contributed by atoms with Gasteiger partial charge in [-0.3, -0.25) is 0 Å². The molecule has 1 nitrogen and oxygen atoms in total. The number of unbranched alkanes of at least 4 members (excludes halogenated alkanes) is 1. The quantitative estimate of drug-likeness (QED) is 0.501. The van der Waals surface area contributed by atoms with Crippen LogP contribution in [0.1, 0.15) is 19.8 Å². The topological polar surface area (TPSA) is 9.23 Å². The number of halogens is 3. The minimum atomic E-state index is -0.0160. The van der Waals surface area contributed by atoms with Crippen LogP contribution in [0, 0.1) is 0 Å². The van der Waals surface area contributed by atoms with E-state index in [4.69, 9.17) is 39.5 Å². The summed E-state index contributed by atoms with van der Waals surface area (Å²) in [4.78, 5) is 0. The lowest BCUT2D eigenvalue weighted by molar-refractivity contribution is 0.231. The fourth-order valence-corrected chi connectivity index (χ4v) is 0.547. The van der Waals surface area contributed by atoms with E-state index in [0.717, 1.165) is 12.8 Å². The summed E-state index contributed by atoms with van der Waals surface area (Å²) >= 11 is 16.0. The van der Waals surface area contributed by atoms with Crippen LogP contribution in [-0.4, -0.2) is 6.61 Å². The van der Waals surface area contributed by atoms with Crippen molar-refractivity contribution in [3.63, 3.8) is 0 Å². The van der Waals surface area contributed by atoms with Crippen molar-refractivity contribution >= 4 is 34.8 Å². The highest BCUT2D eigenvalue weighted by Crippen LogP contribution is 2.18. The van der Waals surface area contributed by atoms with Crippen LogP contribution in [0.5, 0.6) is 0 Å². The highest BCUT2D eigenvalue weighted by molar-refractivity contribution is 6.59. The van der Waals surface area contributed by atoms with E-state index >= 15 is 0 Å². The van der Waals surface area contributed by atoms with Crippen LogP contribution in [0.2, 0.25) is 0 Å². The molecule has 0 aliphatic carbocycles. The highest BCUT2D eigenvalue weighted by atomic mass is 35.5. The van der Waals surface area contributed by atoms with Crippen LogP contribution >= 0.6 is 34.8 Å². The molecule has 0 aromatic heterocycles. The van der Waals surface area contributed by atoms with Crippen LogP contribution in [0.25, 0.3) is 0 Å². The van der Waals surface area contributed by atoms with Gasteiger partial charge < -0.3 is 4.74 Å². The van der Waals surface area contributed by atoms with Crippen LogP contribution < -0.4 is 0 Å². The molecule has 0 aromatic carbocycles. The fourth-order valence-electron chi connectivity index (χ4n) is 0.361. The Morgan fingerprint density at radius 1 is 1.30 bits per heavy atom.